The van der Waals surface area contributed by atoms with Gasteiger partial charge < -0.3 is 20.1 Å². The second-order valence-electron chi connectivity index (χ2n) is 4.29. The molecule has 2 N–H and O–H groups in total. The van der Waals surface area contributed by atoms with Gasteiger partial charge in [-0.1, -0.05) is 0 Å². The van der Waals surface area contributed by atoms with Crippen LogP contribution in [0.1, 0.15) is 27.2 Å². The van der Waals surface area contributed by atoms with Crippen molar-refractivity contribution in [2.45, 2.75) is 38.8 Å². The van der Waals surface area contributed by atoms with Gasteiger partial charge >= 0.3 is 12.0 Å². The second-order valence-corrected chi connectivity index (χ2v) is 4.29. The highest BCUT2D eigenvalue weighted by Crippen LogP contribution is 2.24. The van der Waals surface area contributed by atoms with Crippen LogP contribution < -0.4 is 10.6 Å². The van der Waals surface area contributed by atoms with Crippen molar-refractivity contribution in [2.75, 3.05) is 19.8 Å². The fourth-order valence-corrected chi connectivity index (χ4v) is 1.67. The first-order chi connectivity index (χ1) is 7.98. The lowest BCUT2D eigenvalue weighted by atomic mass is 9.95. The topological polar surface area (TPSA) is 76.7 Å². The molecule has 2 unspecified atom stereocenters. The zero-order valence-electron chi connectivity index (χ0n) is 10.5. The predicted octanol–water partition coefficient (Wildman–Crippen LogP) is 0.416. The third kappa shape index (κ3) is 3.89. The molecule has 17 heavy (non-hydrogen) atoms. The summed E-state index contributed by atoms with van der Waals surface area (Å²) in [4.78, 5) is 22.6. The zero-order chi connectivity index (χ0) is 12.9. The quantitative estimate of drug-likeness (QED) is 0.702. The molecular weight excluding hydrogens is 224 g/mol. The summed E-state index contributed by atoms with van der Waals surface area (Å²) in [5.74, 6) is -0.441. The molecule has 0 aliphatic carbocycles. The molecule has 0 saturated carbocycles. The number of urea groups is 1. The van der Waals surface area contributed by atoms with Crippen molar-refractivity contribution in [2.24, 2.45) is 0 Å². The van der Waals surface area contributed by atoms with Gasteiger partial charge in [-0.05, 0) is 27.2 Å². The Kier molecular flexibility index (Phi) is 4.74. The van der Waals surface area contributed by atoms with Crippen molar-refractivity contribution < 1.29 is 19.1 Å². The number of hydrogen-bond donors (Lipinski definition) is 2. The van der Waals surface area contributed by atoms with E-state index >= 15 is 0 Å². The van der Waals surface area contributed by atoms with Crippen LogP contribution in [0.3, 0.4) is 0 Å². The number of esters is 1. The van der Waals surface area contributed by atoms with E-state index < -0.39 is 5.97 Å². The molecule has 98 valence electrons. The Hall–Kier alpha value is -1.30. The minimum absolute atomic E-state index is 0.0316. The molecule has 1 fully saturated rings. The summed E-state index contributed by atoms with van der Waals surface area (Å²) < 4.78 is 10.1. The Morgan fingerprint density at radius 1 is 1.53 bits per heavy atom. The molecule has 1 aliphatic rings. The van der Waals surface area contributed by atoms with E-state index in [4.69, 9.17) is 9.47 Å². The van der Waals surface area contributed by atoms with Crippen molar-refractivity contribution in [3.63, 3.8) is 0 Å². The highest BCUT2D eigenvalue weighted by atomic mass is 16.5. The maximum absolute atomic E-state index is 11.6. The number of rotatable bonds is 4. The molecule has 1 rings (SSSR count). The van der Waals surface area contributed by atoms with Gasteiger partial charge in [-0.3, -0.25) is 4.79 Å². The number of carbonyl (C=O) groups is 2. The third-order valence-electron chi connectivity index (χ3n) is 2.98. The molecule has 0 radical (unpaired) electrons. The highest BCUT2D eigenvalue weighted by molar-refractivity contribution is 5.81. The Morgan fingerprint density at radius 2 is 2.24 bits per heavy atom. The van der Waals surface area contributed by atoms with Crippen LogP contribution in [0.5, 0.6) is 0 Å². The highest BCUT2D eigenvalue weighted by Gasteiger charge is 2.38. The van der Waals surface area contributed by atoms with E-state index in [2.05, 4.69) is 10.6 Å². The Morgan fingerprint density at radius 3 is 2.76 bits per heavy atom. The molecular formula is C11H20N2O4. The van der Waals surface area contributed by atoms with Crippen LogP contribution in [0.2, 0.25) is 0 Å². The van der Waals surface area contributed by atoms with E-state index in [1.54, 1.807) is 6.92 Å². The van der Waals surface area contributed by atoms with Gasteiger partial charge in [0, 0.05) is 6.61 Å². The van der Waals surface area contributed by atoms with E-state index in [0.29, 0.717) is 13.2 Å². The smallest absolute Gasteiger partial charge is 0.325 e. The summed E-state index contributed by atoms with van der Waals surface area (Å²) in [5.41, 5.74) is -0.376. The maximum atomic E-state index is 11.6. The molecule has 2 amide bonds. The van der Waals surface area contributed by atoms with Crippen LogP contribution in [0.15, 0.2) is 0 Å². The van der Waals surface area contributed by atoms with Crippen molar-refractivity contribution in [1.29, 1.82) is 0 Å². The Labute approximate surface area is 101 Å². The van der Waals surface area contributed by atoms with Crippen molar-refractivity contribution in [3.05, 3.63) is 0 Å². The number of carbonyl (C=O) groups excluding carboxylic acids is 2. The first-order valence-electron chi connectivity index (χ1n) is 5.81. The van der Waals surface area contributed by atoms with Gasteiger partial charge in [-0.15, -0.1) is 0 Å². The molecule has 1 heterocycles. The van der Waals surface area contributed by atoms with Gasteiger partial charge in [0.15, 0.2) is 0 Å². The monoisotopic (exact) mass is 244 g/mol. The van der Waals surface area contributed by atoms with Crippen LogP contribution in [-0.2, 0) is 14.3 Å². The van der Waals surface area contributed by atoms with Crippen molar-refractivity contribution >= 4 is 12.0 Å². The molecule has 0 aromatic heterocycles. The molecule has 6 heteroatoms. The molecule has 1 saturated heterocycles. The lowest BCUT2D eigenvalue weighted by Crippen LogP contribution is -2.54. The average Bonchev–Trinajstić information content (AvgIpc) is 2.57. The van der Waals surface area contributed by atoms with Crippen LogP contribution in [0.4, 0.5) is 4.79 Å². The molecule has 0 spiro atoms. The summed E-state index contributed by atoms with van der Waals surface area (Å²) >= 11 is 0. The number of ether oxygens (including phenoxy) is 2. The van der Waals surface area contributed by atoms with E-state index in [0.717, 1.165) is 6.42 Å². The normalized spacial score (nSPS) is 27.6. The Balaban J connectivity index is 2.32. The summed E-state index contributed by atoms with van der Waals surface area (Å²) in [5, 5.41) is 5.28. The van der Waals surface area contributed by atoms with Gasteiger partial charge in [0.2, 0.25) is 0 Å². The molecule has 1 aliphatic heterocycles. The SMILES string of the molecule is CCOC(=O)CNC(=O)NC1(C)CCOC1C. The molecule has 0 aromatic rings. The first-order valence-corrected chi connectivity index (χ1v) is 5.81. The summed E-state index contributed by atoms with van der Waals surface area (Å²) in [6, 6.07) is -0.377. The predicted molar refractivity (Wildman–Crippen MR) is 61.6 cm³/mol. The number of hydrogen-bond acceptors (Lipinski definition) is 4. The standard InChI is InChI=1S/C11H20N2O4/c1-4-16-9(14)7-12-10(15)13-11(3)5-6-17-8(11)2/h8H,4-7H2,1-3H3,(H2,12,13,15). The van der Waals surface area contributed by atoms with E-state index in [1.165, 1.54) is 0 Å². The van der Waals surface area contributed by atoms with Crippen LogP contribution in [0.25, 0.3) is 0 Å². The summed E-state index contributed by atoms with van der Waals surface area (Å²) in [7, 11) is 0. The summed E-state index contributed by atoms with van der Waals surface area (Å²) in [6.45, 7) is 6.38. The lowest BCUT2D eigenvalue weighted by molar-refractivity contribution is -0.141. The molecule has 0 bridgehead atoms. The average molecular weight is 244 g/mol. The van der Waals surface area contributed by atoms with Gasteiger partial charge in [0.1, 0.15) is 6.54 Å². The Bertz CT molecular complexity index is 295. The minimum Gasteiger partial charge on any atom is -0.465 e. The molecule has 2 atom stereocenters. The van der Waals surface area contributed by atoms with Crippen LogP contribution in [0, 0.1) is 0 Å². The van der Waals surface area contributed by atoms with Crippen molar-refractivity contribution in [3.8, 4) is 0 Å². The maximum Gasteiger partial charge on any atom is 0.325 e. The molecule has 6 nitrogen and oxygen atoms in total. The van der Waals surface area contributed by atoms with Gasteiger partial charge in [-0.25, -0.2) is 4.79 Å². The van der Waals surface area contributed by atoms with E-state index in [-0.39, 0.29) is 24.2 Å². The van der Waals surface area contributed by atoms with Crippen LogP contribution >= 0.6 is 0 Å². The van der Waals surface area contributed by atoms with Gasteiger partial charge in [0.05, 0.1) is 18.2 Å². The van der Waals surface area contributed by atoms with Crippen molar-refractivity contribution in [1.82, 2.24) is 10.6 Å². The van der Waals surface area contributed by atoms with E-state index in [1.807, 2.05) is 13.8 Å². The second kappa shape index (κ2) is 5.86. The number of amides is 2. The van der Waals surface area contributed by atoms with Gasteiger partial charge in [0.25, 0.3) is 0 Å². The summed E-state index contributed by atoms with van der Waals surface area (Å²) in [6.07, 6.45) is 0.733. The largest absolute Gasteiger partial charge is 0.465 e. The van der Waals surface area contributed by atoms with Crippen LogP contribution in [-0.4, -0.2) is 43.4 Å². The zero-order valence-corrected chi connectivity index (χ0v) is 10.5. The first kappa shape index (κ1) is 13.8. The third-order valence-corrected chi connectivity index (χ3v) is 2.98. The van der Waals surface area contributed by atoms with Gasteiger partial charge in [-0.2, -0.15) is 0 Å². The fraction of sp³-hybridized carbons (Fsp3) is 0.818. The lowest BCUT2D eigenvalue weighted by Gasteiger charge is -2.28. The molecule has 0 aromatic carbocycles. The number of nitrogens with one attached hydrogen (secondary N) is 2. The van der Waals surface area contributed by atoms with E-state index in [9.17, 15) is 9.59 Å². The minimum atomic E-state index is -0.441. The fourth-order valence-electron chi connectivity index (χ4n) is 1.67.